The van der Waals surface area contributed by atoms with Gasteiger partial charge in [0.2, 0.25) is 5.91 Å². The second-order valence-corrected chi connectivity index (χ2v) is 7.87. The van der Waals surface area contributed by atoms with Crippen LogP contribution in [0.15, 0.2) is 35.4 Å². The van der Waals surface area contributed by atoms with E-state index >= 15 is 0 Å². The number of benzene rings is 1. The maximum atomic E-state index is 13.0. The first-order chi connectivity index (χ1) is 13.3. The predicted molar refractivity (Wildman–Crippen MR) is 112 cm³/mol. The van der Waals surface area contributed by atoms with Crippen molar-refractivity contribution in [1.82, 2.24) is 19.4 Å². The van der Waals surface area contributed by atoms with Crippen molar-refractivity contribution in [2.45, 2.75) is 40.7 Å². The number of aryl methyl sites for hydroxylation is 1. The molecule has 0 bridgehead atoms. The standard InChI is InChI=1S/C21H25ClN4O2/c1-13(2)9-10-23-18(27)11-25-12-24-20-19(21(25)28)14(3)15(4)26(20)17-7-5-16(22)6-8-17/h5-8,12-13H,9-11H2,1-4H3,(H,23,27). The third-order valence-corrected chi connectivity index (χ3v) is 5.18. The molecule has 1 amide bonds. The van der Waals surface area contributed by atoms with Gasteiger partial charge in [-0.3, -0.25) is 18.7 Å². The molecule has 0 radical (unpaired) electrons. The van der Waals surface area contributed by atoms with Crippen LogP contribution in [0.3, 0.4) is 0 Å². The minimum Gasteiger partial charge on any atom is -0.355 e. The Labute approximate surface area is 169 Å². The maximum absolute atomic E-state index is 13.0. The Hall–Kier alpha value is -2.60. The summed E-state index contributed by atoms with van der Waals surface area (Å²) in [5.74, 6) is 0.328. The molecule has 6 nitrogen and oxygen atoms in total. The lowest BCUT2D eigenvalue weighted by molar-refractivity contribution is -0.121. The molecule has 2 aromatic heterocycles. The van der Waals surface area contributed by atoms with Gasteiger partial charge in [-0.2, -0.15) is 0 Å². The molecule has 0 aliphatic carbocycles. The van der Waals surface area contributed by atoms with E-state index in [1.165, 1.54) is 10.9 Å². The summed E-state index contributed by atoms with van der Waals surface area (Å²) in [6, 6.07) is 7.40. The molecule has 0 aliphatic heterocycles. The number of nitrogens with zero attached hydrogens (tertiary/aromatic N) is 3. The van der Waals surface area contributed by atoms with Crippen LogP contribution in [0.25, 0.3) is 16.7 Å². The van der Waals surface area contributed by atoms with Gasteiger partial charge in [0.05, 0.1) is 5.39 Å². The Morgan fingerprint density at radius 3 is 2.54 bits per heavy atom. The molecule has 7 heteroatoms. The van der Waals surface area contributed by atoms with Crippen molar-refractivity contribution >= 4 is 28.5 Å². The van der Waals surface area contributed by atoms with Crippen LogP contribution in [0, 0.1) is 19.8 Å². The highest BCUT2D eigenvalue weighted by molar-refractivity contribution is 6.30. The van der Waals surface area contributed by atoms with Gasteiger partial charge in [-0.15, -0.1) is 0 Å². The van der Waals surface area contributed by atoms with Crippen molar-refractivity contribution in [1.29, 1.82) is 0 Å². The van der Waals surface area contributed by atoms with Gasteiger partial charge < -0.3 is 5.32 Å². The summed E-state index contributed by atoms with van der Waals surface area (Å²) >= 11 is 5.99. The van der Waals surface area contributed by atoms with Crippen LogP contribution in [-0.2, 0) is 11.3 Å². The highest BCUT2D eigenvalue weighted by Crippen LogP contribution is 2.25. The number of fused-ring (bicyclic) bond motifs is 1. The number of amides is 1. The number of hydrogen-bond acceptors (Lipinski definition) is 3. The molecular formula is C21H25ClN4O2. The molecule has 3 rings (SSSR count). The predicted octanol–water partition coefficient (Wildman–Crippen LogP) is 3.62. The van der Waals surface area contributed by atoms with Crippen LogP contribution in [0.4, 0.5) is 0 Å². The smallest absolute Gasteiger partial charge is 0.263 e. The highest BCUT2D eigenvalue weighted by atomic mass is 35.5. The van der Waals surface area contributed by atoms with Crippen molar-refractivity contribution in [2.24, 2.45) is 5.92 Å². The summed E-state index contributed by atoms with van der Waals surface area (Å²) in [4.78, 5) is 29.7. The van der Waals surface area contributed by atoms with Crippen LogP contribution in [0.5, 0.6) is 0 Å². The van der Waals surface area contributed by atoms with E-state index in [1.54, 1.807) is 12.1 Å². The summed E-state index contributed by atoms with van der Waals surface area (Å²) in [6.07, 6.45) is 2.35. The van der Waals surface area contributed by atoms with E-state index in [1.807, 2.05) is 30.5 Å². The molecule has 0 fully saturated rings. The minimum atomic E-state index is -0.211. The molecular weight excluding hydrogens is 376 g/mol. The van der Waals surface area contributed by atoms with Crippen LogP contribution >= 0.6 is 11.6 Å². The molecule has 1 N–H and O–H groups in total. The quantitative estimate of drug-likeness (QED) is 0.687. The molecule has 3 aromatic rings. The van der Waals surface area contributed by atoms with E-state index in [0.29, 0.717) is 28.5 Å². The lowest BCUT2D eigenvalue weighted by Gasteiger charge is -2.10. The Balaban J connectivity index is 1.96. The SMILES string of the molecule is Cc1c(C)n(-c2ccc(Cl)cc2)c2ncn(CC(=O)NCCC(C)C)c(=O)c12. The molecule has 0 unspecified atom stereocenters. The van der Waals surface area contributed by atoms with E-state index in [0.717, 1.165) is 23.4 Å². The number of carbonyl (C=O) groups excluding carboxylic acids is 1. The van der Waals surface area contributed by atoms with Gasteiger partial charge in [0.25, 0.3) is 5.56 Å². The first-order valence-corrected chi connectivity index (χ1v) is 9.77. The third kappa shape index (κ3) is 3.97. The number of halogens is 1. The van der Waals surface area contributed by atoms with Crippen LogP contribution < -0.4 is 10.9 Å². The zero-order valence-corrected chi connectivity index (χ0v) is 17.4. The summed E-state index contributed by atoms with van der Waals surface area (Å²) < 4.78 is 3.31. The van der Waals surface area contributed by atoms with Crippen LogP contribution in [-0.4, -0.2) is 26.6 Å². The van der Waals surface area contributed by atoms with Crippen LogP contribution in [0.1, 0.15) is 31.5 Å². The zero-order valence-electron chi connectivity index (χ0n) is 16.6. The van der Waals surface area contributed by atoms with E-state index in [4.69, 9.17) is 11.6 Å². The number of rotatable bonds is 6. The summed E-state index contributed by atoms with van der Waals surface area (Å²) in [7, 11) is 0. The largest absolute Gasteiger partial charge is 0.355 e. The Bertz CT molecular complexity index is 1060. The van der Waals surface area contributed by atoms with E-state index < -0.39 is 0 Å². The average Bonchev–Trinajstić information content (AvgIpc) is 2.89. The van der Waals surface area contributed by atoms with Crippen molar-refractivity contribution in [2.75, 3.05) is 6.54 Å². The molecule has 0 saturated heterocycles. The minimum absolute atomic E-state index is 0.0372. The fourth-order valence-corrected chi connectivity index (χ4v) is 3.34. The maximum Gasteiger partial charge on any atom is 0.263 e. The second kappa shape index (κ2) is 8.19. The Morgan fingerprint density at radius 2 is 1.89 bits per heavy atom. The third-order valence-electron chi connectivity index (χ3n) is 4.93. The first-order valence-electron chi connectivity index (χ1n) is 9.39. The first kappa shape index (κ1) is 20.1. The normalized spacial score (nSPS) is 11.4. The highest BCUT2D eigenvalue weighted by Gasteiger charge is 2.18. The van der Waals surface area contributed by atoms with Gasteiger partial charge in [-0.1, -0.05) is 25.4 Å². The van der Waals surface area contributed by atoms with Crippen molar-refractivity contribution in [3.05, 3.63) is 57.2 Å². The number of carbonyl (C=O) groups is 1. The van der Waals surface area contributed by atoms with Gasteiger partial charge in [-0.25, -0.2) is 4.98 Å². The molecule has 1 aromatic carbocycles. The van der Waals surface area contributed by atoms with Gasteiger partial charge in [0.1, 0.15) is 12.9 Å². The van der Waals surface area contributed by atoms with Gasteiger partial charge >= 0.3 is 0 Å². The fraction of sp³-hybridized carbons (Fsp3) is 0.381. The Kier molecular flexibility index (Phi) is 5.89. The molecule has 148 valence electrons. The molecule has 0 atom stereocenters. The number of aromatic nitrogens is 3. The van der Waals surface area contributed by atoms with E-state index in [2.05, 4.69) is 24.1 Å². The molecule has 28 heavy (non-hydrogen) atoms. The van der Waals surface area contributed by atoms with E-state index in [9.17, 15) is 9.59 Å². The summed E-state index contributed by atoms with van der Waals surface area (Å²) in [6.45, 7) is 8.63. The Morgan fingerprint density at radius 1 is 1.21 bits per heavy atom. The van der Waals surface area contributed by atoms with E-state index in [-0.39, 0.29) is 18.0 Å². The van der Waals surface area contributed by atoms with Gasteiger partial charge in [0.15, 0.2) is 5.65 Å². The monoisotopic (exact) mass is 400 g/mol. The second-order valence-electron chi connectivity index (χ2n) is 7.43. The average molecular weight is 401 g/mol. The molecule has 0 aliphatic rings. The van der Waals surface area contributed by atoms with Gasteiger partial charge in [-0.05, 0) is 56.0 Å². The zero-order chi connectivity index (χ0) is 20.4. The lowest BCUT2D eigenvalue weighted by Crippen LogP contribution is -2.33. The van der Waals surface area contributed by atoms with Crippen molar-refractivity contribution in [3.63, 3.8) is 0 Å². The molecule has 0 saturated carbocycles. The molecule has 0 spiro atoms. The lowest BCUT2D eigenvalue weighted by atomic mass is 10.1. The summed E-state index contributed by atoms with van der Waals surface area (Å²) in [5.41, 5.74) is 3.05. The van der Waals surface area contributed by atoms with Crippen LogP contribution in [0.2, 0.25) is 5.02 Å². The number of nitrogens with one attached hydrogen (secondary N) is 1. The van der Waals surface area contributed by atoms with Gasteiger partial charge in [0, 0.05) is 22.9 Å². The molecule has 2 heterocycles. The number of hydrogen-bond donors (Lipinski definition) is 1. The fourth-order valence-electron chi connectivity index (χ4n) is 3.22. The van der Waals surface area contributed by atoms with Crippen molar-refractivity contribution < 1.29 is 4.79 Å². The summed E-state index contributed by atoms with van der Waals surface area (Å²) in [5, 5.41) is 4.03. The van der Waals surface area contributed by atoms with Crippen molar-refractivity contribution in [3.8, 4) is 5.69 Å². The topological polar surface area (TPSA) is 68.9 Å².